The highest BCUT2D eigenvalue weighted by Crippen LogP contribution is 2.26. The summed E-state index contributed by atoms with van der Waals surface area (Å²) in [4.78, 5) is 26.4. The number of thioether (sulfide) groups is 1. The number of ether oxygens (including phenoxy) is 1. The second-order valence-corrected chi connectivity index (χ2v) is 8.14. The number of amides is 1. The Bertz CT molecular complexity index is 911. The zero-order valence-electron chi connectivity index (χ0n) is 15.5. The fourth-order valence-corrected chi connectivity index (χ4v) is 4.29. The first-order chi connectivity index (χ1) is 13.6. The van der Waals surface area contributed by atoms with Gasteiger partial charge in [-0.2, -0.15) is 0 Å². The molecule has 0 radical (unpaired) electrons. The predicted octanol–water partition coefficient (Wildman–Crippen LogP) is 4.60. The summed E-state index contributed by atoms with van der Waals surface area (Å²) in [6, 6.07) is 21.3. The van der Waals surface area contributed by atoms with Crippen LogP contribution >= 0.6 is 23.1 Å². The summed E-state index contributed by atoms with van der Waals surface area (Å²) in [6.45, 7) is 1.71. The van der Waals surface area contributed by atoms with Crippen molar-refractivity contribution < 1.29 is 14.3 Å². The number of hydrogen-bond donors (Lipinski definition) is 1. The SMILES string of the molecule is Cc1ccccc1SCC(=O)OCC(=O)N[C@@H](c1ccccc1)c1cccs1. The Kier molecular flexibility index (Phi) is 7.28. The molecule has 2 aromatic carbocycles. The number of rotatable bonds is 8. The molecule has 0 saturated carbocycles. The number of hydrogen-bond acceptors (Lipinski definition) is 5. The molecular weight excluding hydrogens is 390 g/mol. The molecule has 1 atom stereocenters. The van der Waals surface area contributed by atoms with Crippen molar-refractivity contribution in [3.63, 3.8) is 0 Å². The molecule has 0 bridgehead atoms. The molecule has 0 unspecified atom stereocenters. The largest absolute Gasteiger partial charge is 0.455 e. The molecule has 1 N–H and O–H groups in total. The number of benzene rings is 2. The van der Waals surface area contributed by atoms with Gasteiger partial charge in [0.25, 0.3) is 5.91 Å². The van der Waals surface area contributed by atoms with E-state index >= 15 is 0 Å². The minimum atomic E-state index is -0.407. The van der Waals surface area contributed by atoms with Gasteiger partial charge < -0.3 is 10.1 Å². The van der Waals surface area contributed by atoms with Crippen LogP contribution in [-0.4, -0.2) is 24.2 Å². The standard InChI is InChI=1S/C22H21NO3S2/c1-16-8-5-6-11-18(16)28-15-21(25)26-14-20(24)23-22(19-12-7-13-27-19)17-9-3-2-4-10-17/h2-13,22H,14-15H2,1H3,(H,23,24)/t22-/m0/s1. The average Bonchev–Trinajstić information content (AvgIpc) is 3.25. The van der Waals surface area contributed by atoms with E-state index in [1.165, 1.54) is 11.8 Å². The van der Waals surface area contributed by atoms with Gasteiger partial charge in [-0.15, -0.1) is 23.1 Å². The van der Waals surface area contributed by atoms with Crippen LogP contribution in [0.2, 0.25) is 0 Å². The smallest absolute Gasteiger partial charge is 0.316 e. The van der Waals surface area contributed by atoms with E-state index < -0.39 is 5.97 Å². The normalized spacial score (nSPS) is 11.6. The lowest BCUT2D eigenvalue weighted by Crippen LogP contribution is -2.32. The Labute approximate surface area is 172 Å². The third-order valence-electron chi connectivity index (χ3n) is 4.07. The summed E-state index contributed by atoms with van der Waals surface area (Å²) >= 11 is 2.98. The first-order valence-corrected chi connectivity index (χ1v) is 10.7. The van der Waals surface area contributed by atoms with Crippen LogP contribution in [0.1, 0.15) is 22.0 Å². The molecule has 0 spiro atoms. The number of aryl methyl sites for hydroxylation is 1. The number of carbonyl (C=O) groups excluding carboxylic acids is 2. The lowest BCUT2D eigenvalue weighted by Gasteiger charge is -2.18. The molecule has 1 heterocycles. The molecule has 0 fully saturated rings. The molecule has 3 rings (SSSR count). The van der Waals surface area contributed by atoms with Crippen molar-refractivity contribution in [2.75, 3.05) is 12.4 Å². The Balaban J connectivity index is 1.52. The molecule has 28 heavy (non-hydrogen) atoms. The topological polar surface area (TPSA) is 55.4 Å². The number of carbonyl (C=O) groups is 2. The summed E-state index contributed by atoms with van der Waals surface area (Å²) in [7, 11) is 0. The van der Waals surface area contributed by atoms with Crippen LogP contribution < -0.4 is 5.32 Å². The van der Waals surface area contributed by atoms with Crippen molar-refractivity contribution in [1.29, 1.82) is 0 Å². The molecule has 1 amide bonds. The van der Waals surface area contributed by atoms with E-state index in [4.69, 9.17) is 4.74 Å². The molecular formula is C22H21NO3S2. The summed E-state index contributed by atoms with van der Waals surface area (Å²) in [5.41, 5.74) is 2.10. The number of nitrogens with one attached hydrogen (secondary N) is 1. The van der Waals surface area contributed by atoms with Crippen molar-refractivity contribution >= 4 is 35.0 Å². The fourth-order valence-electron chi connectivity index (χ4n) is 2.67. The van der Waals surface area contributed by atoms with Gasteiger partial charge in [-0.1, -0.05) is 54.6 Å². The molecule has 4 nitrogen and oxygen atoms in total. The van der Waals surface area contributed by atoms with E-state index in [1.54, 1.807) is 11.3 Å². The lowest BCUT2D eigenvalue weighted by atomic mass is 10.1. The van der Waals surface area contributed by atoms with Gasteiger partial charge in [-0.05, 0) is 35.6 Å². The van der Waals surface area contributed by atoms with E-state index in [0.717, 1.165) is 20.9 Å². The first kappa shape index (κ1) is 20.2. The molecule has 0 saturated heterocycles. The zero-order valence-corrected chi connectivity index (χ0v) is 17.1. The summed E-state index contributed by atoms with van der Waals surface area (Å²) in [5, 5.41) is 4.93. The van der Waals surface area contributed by atoms with Crippen LogP contribution in [0.15, 0.2) is 77.0 Å². The van der Waals surface area contributed by atoms with E-state index in [1.807, 2.05) is 79.0 Å². The molecule has 0 aliphatic carbocycles. The third kappa shape index (κ3) is 5.71. The highest BCUT2D eigenvalue weighted by atomic mass is 32.2. The first-order valence-electron chi connectivity index (χ1n) is 8.85. The van der Waals surface area contributed by atoms with Crippen LogP contribution in [0.3, 0.4) is 0 Å². The maximum atomic E-state index is 12.4. The van der Waals surface area contributed by atoms with Crippen LogP contribution in [0.5, 0.6) is 0 Å². The van der Waals surface area contributed by atoms with Gasteiger partial charge in [0, 0.05) is 9.77 Å². The second kappa shape index (κ2) is 10.1. The minimum Gasteiger partial charge on any atom is -0.455 e. The molecule has 0 aliphatic heterocycles. The molecule has 6 heteroatoms. The molecule has 3 aromatic rings. The predicted molar refractivity (Wildman–Crippen MR) is 114 cm³/mol. The van der Waals surface area contributed by atoms with Gasteiger partial charge in [0.2, 0.25) is 0 Å². The van der Waals surface area contributed by atoms with Gasteiger partial charge in [0.15, 0.2) is 6.61 Å². The second-order valence-electron chi connectivity index (χ2n) is 6.14. The van der Waals surface area contributed by atoms with Crippen LogP contribution in [0, 0.1) is 6.92 Å². The highest BCUT2D eigenvalue weighted by molar-refractivity contribution is 8.00. The van der Waals surface area contributed by atoms with Crippen LogP contribution in [0.25, 0.3) is 0 Å². The molecule has 144 valence electrons. The van der Waals surface area contributed by atoms with Crippen molar-refractivity contribution in [3.05, 3.63) is 88.1 Å². The Morgan fingerprint density at radius 1 is 1.04 bits per heavy atom. The lowest BCUT2D eigenvalue weighted by molar-refractivity contribution is -0.146. The van der Waals surface area contributed by atoms with Gasteiger partial charge in [-0.25, -0.2) is 0 Å². The zero-order chi connectivity index (χ0) is 19.8. The monoisotopic (exact) mass is 411 g/mol. The van der Waals surface area contributed by atoms with Crippen molar-refractivity contribution in [1.82, 2.24) is 5.32 Å². The fraction of sp³-hybridized carbons (Fsp3) is 0.182. The van der Waals surface area contributed by atoms with Gasteiger partial charge in [0.1, 0.15) is 0 Å². The van der Waals surface area contributed by atoms with Gasteiger partial charge >= 0.3 is 5.97 Å². The highest BCUT2D eigenvalue weighted by Gasteiger charge is 2.18. The molecule has 0 aliphatic rings. The third-order valence-corrected chi connectivity index (χ3v) is 6.16. The summed E-state index contributed by atoms with van der Waals surface area (Å²) in [5.74, 6) is -0.558. The van der Waals surface area contributed by atoms with E-state index in [2.05, 4.69) is 5.32 Å². The van der Waals surface area contributed by atoms with E-state index in [0.29, 0.717) is 0 Å². The number of thiophene rings is 1. The molecule has 1 aromatic heterocycles. The quantitative estimate of drug-likeness (QED) is 0.435. The Morgan fingerprint density at radius 2 is 1.79 bits per heavy atom. The van der Waals surface area contributed by atoms with Gasteiger partial charge in [-0.3, -0.25) is 9.59 Å². The Morgan fingerprint density at radius 3 is 2.50 bits per heavy atom. The average molecular weight is 412 g/mol. The number of esters is 1. The van der Waals surface area contributed by atoms with Crippen molar-refractivity contribution in [2.24, 2.45) is 0 Å². The Hall–Kier alpha value is -2.57. The van der Waals surface area contributed by atoms with Crippen LogP contribution in [-0.2, 0) is 14.3 Å². The summed E-state index contributed by atoms with van der Waals surface area (Å²) < 4.78 is 5.15. The van der Waals surface area contributed by atoms with Crippen molar-refractivity contribution in [3.8, 4) is 0 Å². The maximum absolute atomic E-state index is 12.4. The summed E-state index contributed by atoms with van der Waals surface area (Å²) in [6.07, 6.45) is 0. The van der Waals surface area contributed by atoms with E-state index in [9.17, 15) is 9.59 Å². The van der Waals surface area contributed by atoms with E-state index in [-0.39, 0.29) is 24.3 Å². The maximum Gasteiger partial charge on any atom is 0.316 e. The minimum absolute atomic E-state index is 0.172. The van der Waals surface area contributed by atoms with Crippen LogP contribution in [0.4, 0.5) is 0 Å². The van der Waals surface area contributed by atoms with Gasteiger partial charge in [0.05, 0.1) is 11.8 Å². The van der Waals surface area contributed by atoms with Crippen molar-refractivity contribution in [2.45, 2.75) is 17.9 Å².